The fourth-order valence-corrected chi connectivity index (χ4v) is 4.69. The molecule has 0 aromatic carbocycles. The van der Waals surface area contributed by atoms with Gasteiger partial charge in [0.25, 0.3) is 0 Å². The molecule has 0 N–H and O–H groups in total. The van der Waals surface area contributed by atoms with Crippen molar-refractivity contribution in [3.05, 3.63) is 70.6 Å². The maximum absolute atomic E-state index is 4.79. The maximum Gasteiger partial charge on any atom is 0.156 e. The smallest absolute Gasteiger partial charge is 0.156 e. The van der Waals surface area contributed by atoms with Gasteiger partial charge in [-0.1, -0.05) is 6.07 Å². The third-order valence-corrected chi connectivity index (χ3v) is 6.14. The lowest BCUT2D eigenvalue weighted by atomic mass is 10.1. The normalized spacial score (nSPS) is 17.7. The first-order valence-corrected chi connectivity index (χ1v) is 10.1. The van der Waals surface area contributed by atoms with E-state index >= 15 is 0 Å². The lowest BCUT2D eigenvalue weighted by molar-refractivity contribution is 0.328. The molecule has 0 aliphatic carbocycles. The van der Waals surface area contributed by atoms with Crippen LogP contribution in [0.15, 0.2) is 55.0 Å². The number of nitrogens with zero attached hydrogens (tertiary/aromatic N) is 5. The van der Waals surface area contributed by atoms with Crippen molar-refractivity contribution in [1.29, 1.82) is 0 Å². The van der Waals surface area contributed by atoms with Gasteiger partial charge in [-0.25, -0.2) is 9.50 Å². The van der Waals surface area contributed by atoms with Gasteiger partial charge in [-0.05, 0) is 50.2 Å². The summed E-state index contributed by atoms with van der Waals surface area (Å²) in [6, 6.07) is 12.6. The van der Waals surface area contributed by atoms with E-state index in [0.717, 1.165) is 48.7 Å². The van der Waals surface area contributed by atoms with E-state index in [1.54, 1.807) is 6.20 Å². The number of hydrogen-bond acceptors (Lipinski definition) is 5. The zero-order chi connectivity index (χ0) is 18.2. The van der Waals surface area contributed by atoms with Crippen molar-refractivity contribution in [1.82, 2.24) is 24.5 Å². The van der Waals surface area contributed by atoms with Gasteiger partial charge in [-0.15, -0.1) is 11.3 Å². The van der Waals surface area contributed by atoms with Gasteiger partial charge in [0.1, 0.15) is 0 Å². The van der Waals surface area contributed by atoms with Crippen molar-refractivity contribution >= 4 is 17.0 Å². The Hall–Kier alpha value is -2.57. The van der Waals surface area contributed by atoms with Crippen molar-refractivity contribution in [3.63, 3.8) is 0 Å². The highest BCUT2D eigenvalue weighted by molar-refractivity contribution is 7.11. The van der Waals surface area contributed by atoms with E-state index in [4.69, 9.17) is 10.1 Å². The molecule has 0 unspecified atom stereocenters. The van der Waals surface area contributed by atoms with E-state index in [0.29, 0.717) is 5.92 Å². The fourth-order valence-electron chi connectivity index (χ4n) is 3.76. The van der Waals surface area contributed by atoms with Crippen molar-refractivity contribution in [2.75, 3.05) is 13.1 Å². The van der Waals surface area contributed by atoms with E-state index in [1.807, 2.05) is 40.4 Å². The lowest BCUT2D eigenvalue weighted by Gasteiger charge is -2.13. The van der Waals surface area contributed by atoms with Crippen LogP contribution in [0.25, 0.3) is 16.8 Å². The third-order valence-electron chi connectivity index (χ3n) is 5.16. The first kappa shape index (κ1) is 16.6. The Labute approximate surface area is 162 Å². The standard InChI is InChI=1S/C21H21N5S/c1-15-4-6-19(27-15)14-25-10-8-18(12-25)21-23-20-7-5-17(13-26(20)24-21)16-3-2-9-22-11-16/h2-7,9,11,13,18H,8,10,12,14H2,1H3/t18-/m0/s1. The number of aryl methyl sites for hydroxylation is 1. The lowest BCUT2D eigenvalue weighted by Crippen LogP contribution is -2.19. The van der Waals surface area contributed by atoms with Crippen LogP contribution in [-0.2, 0) is 6.54 Å². The molecule has 27 heavy (non-hydrogen) atoms. The van der Waals surface area contributed by atoms with Crippen molar-refractivity contribution in [3.8, 4) is 11.1 Å². The highest BCUT2D eigenvalue weighted by Gasteiger charge is 2.27. The molecule has 1 aliphatic rings. The van der Waals surface area contributed by atoms with Crippen LogP contribution in [0.2, 0.25) is 0 Å². The number of fused-ring (bicyclic) bond motifs is 1. The zero-order valence-electron chi connectivity index (χ0n) is 15.2. The largest absolute Gasteiger partial charge is 0.298 e. The maximum atomic E-state index is 4.79. The Morgan fingerprint density at radius 3 is 2.93 bits per heavy atom. The van der Waals surface area contributed by atoms with Gasteiger partial charge < -0.3 is 0 Å². The number of pyridine rings is 2. The fraction of sp³-hybridized carbons (Fsp3) is 0.286. The van der Waals surface area contributed by atoms with E-state index in [9.17, 15) is 0 Å². The second-order valence-electron chi connectivity index (χ2n) is 7.17. The molecule has 0 spiro atoms. The molecule has 5 nitrogen and oxygen atoms in total. The highest BCUT2D eigenvalue weighted by Crippen LogP contribution is 2.28. The second-order valence-corrected chi connectivity index (χ2v) is 8.54. The molecular weight excluding hydrogens is 354 g/mol. The predicted octanol–water partition coefficient (Wildman–Crippen LogP) is 4.15. The van der Waals surface area contributed by atoms with Crippen LogP contribution in [-0.4, -0.2) is 37.6 Å². The predicted molar refractivity (Wildman–Crippen MR) is 108 cm³/mol. The summed E-state index contributed by atoms with van der Waals surface area (Å²) in [6.45, 7) is 5.34. The number of thiophene rings is 1. The summed E-state index contributed by atoms with van der Waals surface area (Å²) >= 11 is 1.89. The molecule has 4 aromatic rings. The Balaban J connectivity index is 1.34. The molecule has 0 bridgehead atoms. The molecular formula is C21H21N5S. The zero-order valence-corrected chi connectivity index (χ0v) is 16.1. The third kappa shape index (κ3) is 3.38. The van der Waals surface area contributed by atoms with Crippen LogP contribution in [0, 0.1) is 6.92 Å². The summed E-state index contributed by atoms with van der Waals surface area (Å²) in [5, 5.41) is 4.79. The van der Waals surface area contributed by atoms with Crippen LogP contribution in [0.4, 0.5) is 0 Å². The number of rotatable bonds is 4. The van der Waals surface area contributed by atoms with Gasteiger partial charge in [0, 0.05) is 58.5 Å². The summed E-state index contributed by atoms with van der Waals surface area (Å²) in [5.74, 6) is 1.37. The number of likely N-dealkylation sites (tertiary alicyclic amines) is 1. The first-order valence-electron chi connectivity index (χ1n) is 9.29. The van der Waals surface area contributed by atoms with Gasteiger partial charge >= 0.3 is 0 Å². The van der Waals surface area contributed by atoms with Crippen LogP contribution < -0.4 is 0 Å². The first-order chi connectivity index (χ1) is 13.2. The number of hydrogen-bond donors (Lipinski definition) is 0. The highest BCUT2D eigenvalue weighted by atomic mass is 32.1. The molecule has 1 saturated heterocycles. The van der Waals surface area contributed by atoms with Gasteiger partial charge in [-0.3, -0.25) is 9.88 Å². The van der Waals surface area contributed by atoms with E-state index in [1.165, 1.54) is 9.75 Å². The molecule has 0 amide bonds. The quantitative estimate of drug-likeness (QED) is 0.538. The SMILES string of the molecule is Cc1ccc(CN2CC[C@H](c3nc4ccc(-c5cccnc5)cn4n3)C2)s1. The van der Waals surface area contributed by atoms with Crippen LogP contribution in [0.1, 0.15) is 27.9 Å². The Bertz CT molecular complexity index is 1070. The van der Waals surface area contributed by atoms with Gasteiger partial charge in [0.2, 0.25) is 0 Å². The summed E-state index contributed by atoms with van der Waals surface area (Å²) in [4.78, 5) is 14.3. The van der Waals surface area contributed by atoms with E-state index < -0.39 is 0 Å². The molecule has 5 heterocycles. The molecule has 4 aromatic heterocycles. The van der Waals surface area contributed by atoms with Gasteiger partial charge in [0.15, 0.2) is 11.5 Å². The van der Waals surface area contributed by atoms with Crippen molar-refractivity contribution in [2.24, 2.45) is 0 Å². The molecule has 1 atom stereocenters. The summed E-state index contributed by atoms with van der Waals surface area (Å²) in [5.41, 5.74) is 3.10. The molecule has 1 fully saturated rings. The molecule has 0 saturated carbocycles. The van der Waals surface area contributed by atoms with Crippen LogP contribution in [0.5, 0.6) is 0 Å². The monoisotopic (exact) mass is 375 g/mol. The number of aromatic nitrogens is 4. The Kier molecular flexibility index (Phi) is 4.22. The topological polar surface area (TPSA) is 46.3 Å². The summed E-state index contributed by atoms with van der Waals surface area (Å²) in [7, 11) is 0. The molecule has 0 radical (unpaired) electrons. The Morgan fingerprint density at radius 2 is 2.11 bits per heavy atom. The van der Waals surface area contributed by atoms with Crippen LogP contribution >= 0.6 is 11.3 Å². The van der Waals surface area contributed by atoms with Gasteiger partial charge in [0.05, 0.1) is 0 Å². The summed E-state index contributed by atoms with van der Waals surface area (Å²) in [6.07, 6.45) is 6.83. The van der Waals surface area contributed by atoms with Crippen LogP contribution in [0.3, 0.4) is 0 Å². The van der Waals surface area contributed by atoms with E-state index in [2.05, 4.69) is 41.1 Å². The second kappa shape index (κ2) is 6.87. The van der Waals surface area contributed by atoms with Crippen molar-refractivity contribution < 1.29 is 0 Å². The minimum absolute atomic E-state index is 0.410. The average molecular weight is 376 g/mol. The Morgan fingerprint density at radius 1 is 1.15 bits per heavy atom. The molecule has 5 rings (SSSR count). The molecule has 1 aliphatic heterocycles. The minimum Gasteiger partial charge on any atom is -0.298 e. The van der Waals surface area contributed by atoms with Gasteiger partial charge in [-0.2, -0.15) is 5.10 Å². The minimum atomic E-state index is 0.410. The van der Waals surface area contributed by atoms with Crippen molar-refractivity contribution in [2.45, 2.75) is 25.8 Å². The molecule has 6 heteroatoms. The molecule has 136 valence electrons. The van der Waals surface area contributed by atoms with E-state index in [-0.39, 0.29) is 0 Å². The average Bonchev–Trinajstić information content (AvgIpc) is 3.41. The summed E-state index contributed by atoms with van der Waals surface area (Å²) < 4.78 is 1.91.